The summed E-state index contributed by atoms with van der Waals surface area (Å²) in [4.78, 5) is 0. The smallest absolute Gasteiger partial charge is 0.0465 e. The van der Waals surface area contributed by atoms with Gasteiger partial charge in [0.1, 0.15) is 0 Å². The second kappa shape index (κ2) is 7.55. The van der Waals surface area contributed by atoms with Crippen LogP contribution in [0.3, 0.4) is 0 Å². The molecule has 0 radical (unpaired) electrons. The van der Waals surface area contributed by atoms with Crippen molar-refractivity contribution in [1.29, 1.82) is 0 Å². The van der Waals surface area contributed by atoms with E-state index in [1.54, 1.807) is 0 Å². The molecule has 0 rings (SSSR count). The minimum atomic E-state index is 0.265. The molecule has 0 bridgehead atoms. The maximum Gasteiger partial charge on any atom is 0.0465 e. The van der Waals surface area contributed by atoms with Crippen molar-refractivity contribution in [3.8, 4) is 0 Å². The maximum absolute atomic E-state index is 8.53. The van der Waals surface area contributed by atoms with E-state index in [1.165, 1.54) is 5.57 Å². The van der Waals surface area contributed by atoms with Gasteiger partial charge in [0.05, 0.1) is 0 Å². The molecule has 0 aromatic rings. The van der Waals surface area contributed by atoms with Crippen LogP contribution in [-0.2, 0) is 0 Å². The topological polar surface area (TPSA) is 20.2 Å². The van der Waals surface area contributed by atoms with Crippen molar-refractivity contribution in [2.24, 2.45) is 0 Å². The number of rotatable bonds is 5. The Hall–Kier alpha value is -0.560. The van der Waals surface area contributed by atoms with Crippen molar-refractivity contribution in [3.05, 3.63) is 23.8 Å². The summed E-state index contributed by atoms with van der Waals surface area (Å²) >= 11 is 0. The van der Waals surface area contributed by atoms with Crippen molar-refractivity contribution in [3.63, 3.8) is 0 Å². The summed E-state index contributed by atoms with van der Waals surface area (Å²) in [7, 11) is 0. The van der Waals surface area contributed by atoms with Gasteiger partial charge in [-0.3, -0.25) is 0 Å². The lowest BCUT2D eigenvalue weighted by Crippen LogP contribution is -1.80. The van der Waals surface area contributed by atoms with E-state index in [9.17, 15) is 0 Å². The molecule has 0 saturated heterocycles. The molecular weight excluding hydrogens is 136 g/mol. The summed E-state index contributed by atoms with van der Waals surface area (Å²) in [5, 5.41) is 8.53. The van der Waals surface area contributed by atoms with E-state index in [2.05, 4.69) is 25.2 Å². The van der Waals surface area contributed by atoms with Crippen LogP contribution in [0.1, 0.15) is 33.1 Å². The van der Waals surface area contributed by atoms with Crippen molar-refractivity contribution < 1.29 is 5.11 Å². The van der Waals surface area contributed by atoms with Crippen LogP contribution in [0.4, 0.5) is 0 Å². The Morgan fingerprint density at radius 2 is 2.09 bits per heavy atom. The number of aliphatic hydroxyl groups excluding tert-OH is 1. The summed E-state index contributed by atoms with van der Waals surface area (Å²) in [5.74, 6) is 0. The van der Waals surface area contributed by atoms with Crippen LogP contribution in [-0.4, -0.2) is 11.7 Å². The van der Waals surface area contributed by atoms with Gasteiger partial charge in [-0.25, -0.2) is 0 Å². The lowest BCUT2D eigenvalue weighted by Gasteiger charge is -1.96. The number of hydrogen-bond acceptors (Lipinski definition) is 1. The first kappa shape index (κ1) is 10.4. The first-order valence-electron chi connectivity index (χ1n) is 4.19. The average Bonchev–Trinajstić information content (AvgIpc) is 2.01. The molecule has 0 saturated carbocycles. The van der Waals surface area contributed by atoms with Gasteiger partial charge in [0.2, 0.25) is 0 Å². The van der Waals surface area contributed by atoms with Gasteiger partial charge < -0.3 is 5.11 Å². The molecule has 1 N–H and O–H groups in total. The standard InChI is InChI=1S/C10H18O/c1-3-4-5-7-10(2)8-6-9-11/h3-4,8,11H,5-7,9H2,1-2H3. The summed E-state index contributed by atoms with van der Waals surface area (Å²) in [6.45, 7) is 4.41. The minimum absolute atomic E-state index is 0.265. The van der Waals surface area contributed by atoms with Crippen LogP contribution in [0, 0.1) is 0 Å². The second-order valence-electron chi connectivity index (χ2n) is 2.67. The summed E-state index contributed by atoms with van der Waals surface area (Å²) in [6, 6.07) is 0. The summed E-state index contributed by atoms with van der Waals surface area (Å²) < 4.78 is 0. The lowest BCUT2D eigenvalue weighted by atomic mass is 10.1. The van der Waals surface area contributed by atoms with Crippen LogP contribution in [0.5, 0.6) is 0 Å². The fourth-order valence-electron chi connectivity index (χ4n) is 0.891. The summed E-state index contributed by atoms with van der Waals surface area (Å²) in [5.41, 5.74) is 1.37. The fourth-order valence-corrected chi connectivity index (χ4v) is 0.891. The monoisotopic (exact) mass is 154 g/mol. The normalized spacial score (nSPS) is 12.8. The first-order valence-corrected chi connectivity index (χ1v) is 4.19. The predicted octanol–water partition coefficient (Wildman–Crippen LogP) is 2.67. The zero-order valence-electron chi connectivity index (χ0n) is 7.51. The van der Waals surface area contributed by atoms with Crippen LogP contribution in [0.25, 0.3) is 0 Å². The van der Waals surface area contributed by atoms with Gasteiger partial charge in [0.25, 0.3) is 0 Å². The molecule has 0 atom stereocenters. The zero-order chi connectivity index (χ0) is 8.53. The summed E-state index contributed by atoms with van der Waals surface area (Å²) in [6.07, 6.45) is 9.36. The Labute approximate surface area is 69.4 Å². The Balaban J connectivity index is 3.42. The van der Waals surface area contributed by atoms with E-state index in [4.69, 9.17) is 5.11 Å². The Kier molecular flexibility index (Phi) is 7.16. The molecule has 64 valence electrons. The van der Waals surface area contributed by atoms with Gasteiger partial charge in [0, 0.05) is 6.61 Å². The quantitative estimate of drug-likeness (QED) is 0.604. The highest BCUT2D eigenvalue weighted by molar-refractivity contribution is 4.99. The Morgan fingerprint density at radius 1 is 1.36 bits per heavy atom. The van der Waals surface area contributed by atoms with Crippen molar-refractivity contribution in [2.75, 3.05) is 6.61 Å². The van der Waals surface area contributed by atoms with Crippen LogP contribution < -0.4 is 0 Å². The highest BCUT2D eigenvalue weighted by Crippen LogP contribution is 2.05. The molecule has 1 nitrogen and oxygen atoms in total. The third-order valence-electron chi connectivity index (χ3n) is 1.56. The maximum atomic E-state index is 8.53. The van der Waals surface area contributed by atoms with Crippen molar-refractivity contribution >= 4 is 0 Å². The molecule has 0 aliphatic rings. The molecule has 11 heavy (non-hydrogen) atoms. The first-order chi connectivity index (χ1) is 5.31. The van der Waals surface area contributed by atoms with Crippen LogP contribution in [0.2, 0.25) is 0 Å². The molecule has 0 fully saturated rings. The molecular formula is C10H18O. The fraction of sp³-hybridized carbons (Fsp3) is 0.600. The van der Waals surface area contributed by atoms with E-state index in [0.29, 0.717) is 0 Å². The molecule has 0 heterocycles. The molecule has 0 aliphatic heterocycles. The van der Waals surface area contributed by atoms with Gasteiger partial charge in [-0.05, 0) is 33.1 Å². The van der Waals surface area contributed by atoms with Gasteiger partial charge in [-0.1, -0.05) is 23.8 Å². The highest BCUT2D eigenvalue weighted by Gasteiger charge is 1.86. The SMILES string of the molecule is CC=CCCC(C)=CCCO. The highest BCUT2D eigenvalue weighted by atomic mass is 16.2. The molecule has 1 heteroatoms. The zero-order valence-corrected chi connectivity index (χ0v) is 7.51. The molecule has 0 spiro atoms. The number of hydrogen-bond donors (Lipinski definition) is 1. The van der Waals surface area contributed by atoms with E-state index in [1.807, 2.05) is 6.92 Å². The van der Waals surface area contributed by atoms with E-state index in [0.717, 1.165) is 19.3 Å². The van der Waals surface area contributed by atoms with Crippen LogP contribution >= 0.6 is 0 Å². The molecule has 0 unspecified atom stereocenters. The third-order valence-corrected chi connectivity index (χ3v) is 1.56. The average molecular weight is 154 g/mol. The third kappa shape index (κ3) is 7.34. The van der Waals surface area contributed by atoms with E-state index < -0.39 is 0 Å². The number of allylic oxidation sites excluding steroid dienone is 3. The predicted molar refractivity (Wildman–Crippen MR) is 49.5 cm³/mol. The molecule has 0 aromatic carbocycles. The van der Waals surface area contributed by atoms with Crippen molar-refractivity contribution in [1.82, 2.24) is 0 Å². The Morgan fingerprint density at radius 3 is 2.64 bits per heavy atom. The van der Waals surface area contributed by atoms with E-state index in [-0.39, 0.29) is 6.61 Å². The number of aliphatic hydroxyl groups is 1. The van der Waals surface area contributed by atoms with Gasteiger partial charge in [0.15, 0.2) is 0 Å². The largest absolute Gasteiger partial charge is 0.396 e. The molecule has 0 aromatic heterocycles. The van der Waals surface area contributed by atoms with Gasteiger partial charge in [-0.15, -0.1) is 0 Å². The van der Waals surface area contributed by atoms with E-state index >= 15 is 0 Å². The lowest BCUT2D eigenvalue weighted by molar-refractivity contribution is 0.302. The van der Waals surface area contributed by atoms with Gasteiger partial charge >= 0.3 is 0 Å². The van der Waals surface area contributed by atoms with Gasteiger partial charge in [-0.2, -0.15) is 0 Å². The van der Waals surface area contributed by atoms with Crippen molar-refractivity contribution in [2.45, 2.75) is 33.1 Å². The molecule has 0 aliphatic carbocycles. The second-order valence-corrected chi connectivity index (χ2v) is 2.67. The van der Waals surface area contributed by atoms with Crippen LogP contribution in [0.15, 0.2) is 23.8 Å². The molecule has 0 amide bonds. The minimum Gasteiger partial charge on any atom is -0.396 e. The Bertz CT molecular complexity index is 134.